The standard InChI is InChI=1S/C9H5ClF2N2/c10-5-1-2-6(11)8(9(5)12)7-3-13-4-14-7/h1-4H,(H,13,14). The molecule has 1 N–H and O–H groups in total. The molecule has 0 aliphatic carbocycles. The van der Waals surface area contributed by atoms with Crippen molar-refractivity contribution in [3.8, 4) is 11.3 Å². The lowest BCUT2D eigenvalue weighted by molar-refractivity contribution is 0.589. The largest absolute Gasteiger partial charge is 0.344 e. The van der Waals surface area contributed by atoms with Crippen molar-refractivity contribution in [1.82, 2.24) is 9.97 Å². The van der Waals surface area contributed by atoms with Gasteiger partial charge in [0.2, 0.25) is 0 Å². The van der Waals surface area contributed by atoms with Crippen LogP contribution in [0.4, 0.5) is 8.78 Å². The molecule has 14 heavy (non-hydrogen) atoms. The maximum Gasteiger partial charge on any atom is 0.154 e. The third-order valence-corrected chi connectivity index (χ3v) is 2.10. The lowest BCUT2D eigenvalue weighted by Gasteiger charge is -2.03. The molecule has 1 aromatic carbocycles. The maximum atomic E-state index is 13.4. The van der Waals surface area contributed by atoms with E-state index in [1.807, 2.05) is 0 Å². The molecule has 1 heterocycles. The molecule has 2 rings (SSSR count). The van der Waals surface area contributed by atoms with Crippen LogP contribution >= 0.6 is 11.6 Å². The lowest BCUT2D eigenvalue weighted by atomic mass is 10.1. The van der Waals surface area contributed by atoms with Gasteiger partial charge in [0.15, 0.2) is 5.82 Å². The molecule has 0 saturated heterocycles. The Labute approximate surface area is 83.6 Å². The van der Waals surface area contributed by atoms with Crippen molar-refractivity contribution in [3.63, 3.8) is 0 Å². The Morgan fingerprint density at radius 1 is 1.29 bits per heavy atom. The van der Waals surface area contributed by atoms with Gasteiger partial charge in [0, 0.05) is 0 Å². The van der Waals surface area contributed by atoms with Crippen LogP contribution in [0, 0.1) is 11.6 Å². The second-order valence-electron chi connectivity index (χ2n) is 2.68. The van der Waals surface area contributed by atoms with E-state index in [0.29, 0.717) is 0 Å². The van der Waals surface area contributed by atoms with Crippen molar-refractivity contribution in [1.29, 1.82) is 0 Å². The third-order valence-electron chi connectivity index (χ3n) is 1.81. The fourth-order valence-corrected chi connectivity index (χ4v) is 1.32. The summed E-state index contributed by atoms with van der Waals surface area (Å²) < 4.78 is 26.7. The summed E-state index contributed by atoms with van der Waals surface area (Å²) >= 11 is 5.53. The molecule has 0 bridgehead atoms. The fraction of sp³-hybridized carbons (Fsp3) is 0. The van der Waals surface area contributed by atoms with E-state index >= 15 is 0 Å². The Balaban J connectivity index is 2.69. The van der Waals surface area contributed by atoms with Crippen LogP contribution in [0.25, 0.3) is 11.3 Å². The SMILES string of the molecule is Fc1ccc(Cl)c(F)c1-c1cnc[nH]1. The number of aromatic nitrogens is 2. The zero-order valence-corrected chi connectivity index (χ0v) is 7.65. The van der Waals surface area contributed by atoms with Gasteiger partial charge < -0.3 is 4.98 Å². The summed E-state index contributed by atoms with van der Waals surface area (Å²) in [5.74, 6) is -1.45. The van der Waals surface area contributed by atoms with Gasteiger partial charge in [-0.2, -0.15) is 0 Å². The number of nitrogens with one attached hydrogen (secondary N) is 1. The number of aromatic amines is 1. The van der Waals surface area contributed by atoms with Gasteiger partial charge in [-0.25, -0.2) is 13.8 Å². The van der Waals surface area contributed by atoms with Crippen molar-refractivity contribution in [2.75, 3.05) is 0 Å². The summed E-state index contributed by atoms with van der Waals surface area (Å²) in [4.78, 5) is 6.29. The number of imidazole rings is 1. The first-order valence-corrected chi connectivity index (χ1v) is 4.20. The van der Waals surface area contributed by atoms with Crippen molar-refractivity contribution < 1.29 is 8.78 Å². The highest BCUT2D eigenvalue weighted by molar-refractivity contribution is 6.31. The van der Waals surface area contributed by atoms with Crippen LogP contribution in [0.1, 0.15) is 0 Å². The number of hydrogen-bond acceptors (Lipinski definition) is 1. The molecule has 0 aliphatic heterocycles. The highest BCUT2D eigenvalue weighted by atomic mass is 35.5. The molecular weight excluding hydrogens is 210 g/mol. The average molecular weight is 215 g/mol. The van der Waals surface area contributed by atoms with Crippen LogP contribution in [0.5, 0.6) is 0 Å². The number of rotatable bonds is 1. The van der Waals surface area contributed by atoms with Gasteiger partial charge in [-0.1, -0.05) is 11.6 Å². The zero-order valence-electron chi connectivity index (χ0n) is 6.89. The molecule has 0 unspecified atom stereocenters. The van der Waals surface area contributed by atoms with Gasteiger partial charge in [-0.05, 0) is 12.1 Å². The van der Waals surface area contributed by atoms with Crippen molar-refractivity contribution >= 4 is 11.6 Å². The number of hydrogen-bond donors (Lipinski definition) is 1. The molecule has 1 aromatic heterocycles. The Bertz CT molecular complexity index is 454. The molecule has 2 aromatic rings. The molecule has 0 spiro atoms. The number of benzene rings is 1. The highest BCUT2D eigenvalue weighted by Crippen LogP contribution is 2.28. The van der Waals surface area contributed by atoms with E-state index in [1.165, 1.54) is 18.6 Å². The molecule has 0 aliphatic rings. The van der Waals surface area contributed by atoms with Crippen molar-refractivity contribution in [2.24, 2.45) is 0 Å². The molecular formula is C9H5ClF2N2. The minimum atomic E-state index is -0.782. The average Bonchev–Trinajstić information content (AvgIpc) is 2.65. The monoisotopic (exact) mass is 214 g/mol. The number of halogens is 3. The molecule has 0 fully saturated rings. The van der Waals surface area contributed by atoms with Crippen LogP contribution < -0.4 is 0 Å². The number of nitrogens with zero attached hydrogens (tertiary/aromatic N) is 1. The lowest BCUT2D eigenvalue weighted by Crippen LogP contribution is -1.90. The second kappa shape index (κ2) is 3.38. The van der Waals surface area contributed by atoms with Crippen LogP contribution in [-0.2, 0) is 0 Å². The Morgan fingerprint density at radius 2 is 2.07 bits per heavy atom. The van der Waals surface area contributed by atoms with E-state index < -0.39 is 11.6 Å². The first-order chi connectivity index (χ1) is 6.70. The quantitative estimate of drug-likeness (QED) is 0.727. The van der Waals surface area contributed by atoms with E-state index in [1.54, 1.807) is 0 Å². The fourth-order valence-electron chi connectivity index (χ4n) is 1.17. The van der Waals surface area contributed by atoms with Gasteiger partial charge in [0.05, 0.1) is 28.8 Å². The topological polar surface area (TPSA) is 28.7 Å². The highest BCUT2D eigenvalue weighted by Gasteiger charge is 2.15. The maximum absolute atomic E-state index is 13.4. The molecule has 72 valence electrons. The second-order valence-corrected chi connectivity index (χ2v) is 3.09. The molecule has 2 nitrogen and oxygen atoms in total. The van der Waals surface area contributed by atoms with Gasteiger partial charge in [0.1, 0.15) is 5.82 Å². The van der Waals surface area contributed by atoms with Crippen LogP contribution in [0.15, 0.2) is 24.7 Å². The third kappa shape index (κ3) is 1.37. The first kappa shape index (κ1) is 9.15. The van der Waals surface area contributed by atoms with E-state index in [-0.39, 0.29) is 16.3 Å². The predicted octanol–water partition coefficient (Wildman–Crippen LogP) is 3.01. The van der Waals surface area contributed by atoms with E-state index in [2.05, 4.69) is 9.97 Å². The van der Waals surface area contributed by atoms with Crippen LogP contribution in [-0.4, -0.2) is 9.97 Å². The predicted molar refractivity (Wildman–Crippen MR) is 48.9 cm³/mol. The van der Waals surface area contributed by atoms with Gasteiger partial charge in [0.25, 0.3) is 0 Å². The molecule has 5 heteroatoms. The Morgan fingerprint density at radius 3 is 2.71 bits per heavy atom. The number of H-pyrrole nitrogens is 1. The van der Waals surface area contributed by atoms with E-state index in [9.17, 15) is 8.78 Å². The van der Waals surface area contributed by atoms with Crippen molar-refractivity contribution in [2.45, 2.75) is 0 Å². The van der Waals surface area contributed by atoms with Gasteiger partial charge >= 0.3 is 0 Å². The van der Waals surface area contributed by atoms with Crippen LogP contribution in [0.3, 0.4) is 0 Å². The van der Waals surface area contributed by atoms with Gasteiger partial charge in [-0.3, -0.25) is 0 Å². The zero-order chi connectivity index (χ0) is 10.1. The normalized spacial score (nSPS) is 10.5. The van der Waals surface area contributed by atoms with E-state index in [4.69, 9.17) is 11.6 Å². The summed E-state index contributed by atoms with van der Waals surface area (Å²) in [6.07, 6.45) is 2.67. The summed E-state index contributed by atoms with van der Waals surface area (Å²) in [5.41, 5.74) is 0.0810. The molecule has 0 radical (unpaired) electrons. The van der Waals surface area contributed by atoms with Crippen LogP contribution in [0.2, 0.25) is 5.02 Å². The summed E-state index contributed by atoms with van der Waals surface area (Å²) in [6, 6.07) is 2.29. The first-order valence-electron chi connectivity index (χ1n) is 3.82. The summed E-state index contributed by atoms with van der Waals surface area (Å²) in [5, 5.41) is -0.115. The van der Waals surface area contributed by atoms with E-state index in [0.717, 1.165) is 6.07 Å². The van der Waals surface area contributed by atoms with Gasteiger partial charge in [-0.15, -0.1) is 0 Å². The summed E-state index contributed by atoms with van der Waals surface area (Å²) in [6.45, 7) is 0. The minimum Gasteiger partial charge on any atom is -0.344 e. The minimum absolute atomic E-state index is 0.115. The smallest absolute Gasteiger partial charge is 0.154 e. The van der Waals surface area contributed by atoms with Crippen molar-refractivity contribution in [3.05, 3.63) is 41.3 Å². The molecule has 0 atom stereocenters. The Kier molecular flexibility index (Phi) is 2.21. The molecule has 0 saturated carbocycles. The Hall–Kier alpha value is -1.42. The molecule has 0 amide bonds. The summed E-state index contributed by atoms with van der Waals surface area (Å²) in [7, 11) is 0.